The molecule has 0 amide bonds. The fourth-order valence-corrected chi connectivity index (χ4v) is 5.18. The molecule has 0 radical (unpaired) electrons. The highest BCUT2D eigenvalue weighted by atomic mass is 32.2. The van der Waals surface area contributed by atoms with E-state index in [1.54, 1.807) is 21.1 Å². The molecule has 0 aliphatic carbocycles. The van der Waals surface area contributed by atoms with Crippen molar-refractivity contribution in [2.45, 2.75) is 32.6 Å². The lowest BCUT2D eigenvalue weighted by Crippen LogP contribution is -2.49. The minimum absolute atomic E-state index is 0.355. The molecular formula is C21H26N6O2S. The van der Waals surface area contributed by atoms with Gasteiger partial charge in [0.2, 0.25) is 10.0 Å². The number of sulfonamides is 1. The summed E-state index contributed by atoms with van der Waals surface area (Å²) in [5.74, 6) is 1.48. The molecule has 0 unspecified atom stereocenters. The van der Waals surface area contributed by atoms with Gasteiger partial charge in [-0.3, -0.25) is 0 Å². The van der Waals surface area contributed by atoms with Crippen LogP contribution in [0.2, 0.25) is 0 Å². The first kappa shape index (κ1) is 20.5. The number of piperazine rings is 1. The van der Waals surface area contributed by atoms with Crippen molar-refractivity contribution in [2.24, 2.45) is 0 Å². The molecule has 1 aliphatic heterocycles. The Kier molecular flexibility index (Phi) is 5.33. The van der Waals surface area contributed by atoms with Gasteiger partial charge >= 0.3 is 0 Å². The van der Waals surface area contributed by atoms with Gasteiger partial charge in [-0.25, -0.2) is 23.1 Å². The minimum atomic E-state index is -3.50. The third-order valence-electron chi connectivity index (χ3n) is 5.54. The standard InChI is InChI=1S/C21H26N6O2S/c1-15-5-6-19(11-16(15)2)30(28,29)26-9-7-25(8-10-26)20-13-21(23-14-22-20)27-18(4)12-17(3)24-27/h5-6,11-14H,7-10H2,1-4H3. The second kappa shape index (κ2) is 7.81. The summed E-state index contributed by atoms with van der Waals surface area (Å²) in [6.45, 7) is 9.80. The van der Waals surface area contributed by atoms with Crippen LogP contribution in [0.3, 0.4) is 0 Å². The van der Waals surface area contributed by atoms with Crippen LogP contribution in [0.15, 0.2) is 41.6 Å². The molecule has 1 aromatic carbocycles. The number of nitrogens with zero attached hydrogens (tertiary/aromatic N) is 6. The Morgan fingerprint density at radius 3 is 2.17 bits per heavy atom. The normalized spacial score (nSPS) is 15.5. The Balaban J connectivity index is 1.50. The second-order valence-corrected chi connectivity index (χ2v) is 9.65. The maximum atomic E-state index is 13.0. The van der Waals surface area contributed by atoms with Crippen molar-refractivity contribution >= 4 is 15.8 Å². The lowest BCUT2D eigenvalue weighted by molar-refractivity contribution is 0.383. The maximum Gasteiger partial charge on any atom is 0.243 e. The summed E-state index contributed by atoms with van der Waals surface area (Å²) in [7, 11) is -3.50. The van der Waals surface area contributed by atoms with Crippen LogP contribution in [0.4, 0.5) is 5.82 Å². The summed E-state index contributed by atoms with van der Waals surface area (Å²) >= 11 is 0. The summed E-state index contributed by atoms with van der Waals surface area (Å²) in [4.78, 5) is 11.2. The van der Waals surface area contributed by atoms with Crippen LogP contribution in [0.25, 0.3) is 5.82 Å². The average Bonchev–Trinajstić information content (AvgIpc) is 3.08. The van der Waals surface area contributed by atoms with Crippen LogP contribution in [0.1, 0.15) is 22.5 Å². The van der Waals surface area contributed by atoms with Crippen LogP contribution in [0, 0.1) is 27.7 Å². The average molecular weight is 427 g/mol. The molecule has 1 saturated heterocycles. The fraction of sp³-hybridized carbons (Fsp3) is 0.381. The predicted octanol–water partition coefficient (Wildman–Crippen LogP) is 2.41. The molecule has 0 bridgehead atoms. The first-order valence-corrected chi connectivity index (χ1v) is 11.4. The smallest absolute Gasteiger partial charge is 0.243 e. The quantitative estimate of drug-likeness (QED) is 0.637. The van der Waals surface area contributed by atoms with E-state index in [-0.39, 0.29) is 0 Å². The van der Waals surface area contributed by atoms with Gasteiger partial charge in [-0.05, 0) is 57.0 Å². The van der Waals surface area contributed by atoms with E-state index in [9.17, 15) is 8.42 Å². The van der Waals surface area contributed by atoms with Crippen LogP contribution in [-0.2, 0) is 10.0 Å². The molecule has 3 heterocycles. The highest BCUT2D eigenvalue weighted by Crippen LogP contribution is 2.23. The third kappa shape index (κ3) is 3.82. The van der Waals surface area contributed by atoms with Crippen molar-refractivity contribution in [1.82, 2.24) is 24.1 Å². The first-order valence-electron chi connectivity index (χ1n) is 9.94. The third-order valence-corrected chi connectivity index (χ3v) is 7.44. The van der Waals surface area contributed by atoms with E-state index in [4.69, 9.17) is 0 Å². The van der Waals surface area contributed by atoms with Crippen LogP contribution in [0.5, 0.6) is 0 Å². The van der Waals surface area contributed by atoms with Gasteiger partial charge < -0.3 is 4.90 Å². The molecule has 1 fully saturated rings. The number of aromatic nitrogens is 4. The van der Waals surface area contributed by atoms with Gasteiger partial charge in [0.05, 0.1) is 10.6 Å². The molecule has 0 N–H and O–H groups in total. The molecule has 1 aliphatic rings. The number of hydrogen-bond acceptors (Lipinski definition) is 6. The number of anilines is 1. The number of aryl methyl sites for hydroxylation is 4. The van der Waals surface area contributed by atoms with Crippen molar-refractivity contribution in [3.8, 4) is 5.82 Å². The zero-order valence-electron chi connectivity index (χ0n) is 17.7. The second-order valence-electron chi connectivity index (χ2n) is 7.71. The molecule has 2 aromatic heterocycles. The summed E-state index contributed by atoms with van der Waals surface area (Å²) < 4.78 is 29.4. The molecule has 0 spiro atoms. The van der Waals surface area contributed by atoms with Crippen molar-refractivity contribution in [3.63, 3.8) is 0 Å². The Labute approximate surface area is 177 Å². The fourth-order valence-electron chi connectivity index (χ4n) is 3.67. The first-order chi connectivity index (χ1) is 14.3. The number of benzene rings is 1. The van der Waals surface area contributed by atoms with Gasteiger partial charge in [-0.1, -0.05) is 6.07 Å². The zero-order valence-corrected chi connectivity index (χ0v) is 18.5. The van der Waals surface area contributed by atoms with Crippen molar-refractivity contribution < 1.29 is 8.42 Å². The van der Waals surface area contributed by atoms with Crippen molar-refractivity contribution in [2.75, 3.05) is 31.1 Å². The summed E-state index contributed by atoms with van der Waals surface area (Å²) in [5.41, 5.74) is 3.99. The highest BCUT2D eigenvalue weighted by molar-refractivity contribution is 7.89. The molecule has 8 nitrogen and oxygen atoms in total. The van der Waals surface area contributed by atoms with Gasteiger partial charge in [0.1, 0.15) is 12.1 Å². The van der Waals surface area contributed by atoms with E-state index in [1.807, 2.05) is 45.9 Å². The summed E-state index contributed by atoms with van der Waals surface area (Å²) in [6, 6.07) is 9.20. The number of rotatable bonds is 4. The van der Waals surface area contributed by atoms with Crippen molar-refractivity contribution in [1.29, 1.82) is 0 Å². The Morgan fingerprint density at radius 1 is 0.833 bits per heavy atom. The summed E-state index contributed by atoms with van der Waals surface area (Å²) in [5, 5.41) is 4.48. The maximum absolute atomic E-state index is 13.0. The van der Waals surface area contributed by atoms with Crippen LogP contribution in [-0.4, -0.2) is 58.7 Å². The predicted molar refractivity (Wildman–Crippen MR) is 116 cm³/mol. The van der Waals surface area contributed by atoms with E-state index >= 15 is 0 Å². The van der Waals surface area contributed by atoms with Gasteiger partial charge in [-0.2, -0.15) is 9.40 Å². The van der Waals surface area contributed by atoms with Gasteiger partial charge in [0.25, 0.3) is 0 Å². The van der Waals surface area contributed by atoms with Crippen LogP contribution < -0.4 is 4.90 Å². The SMILES string of the molecule is Cc1cc(C)n(-c2cc(N3CCN(S(=O)(=O)c4ccc(C)c(C)c4)CC3)ncn2)n1. The Morgan fingerprint density at radius 2 is 1.53 bits per heavy atom. The molecule has 4 rings (SSSR count). The Bertz CT molecular complexity index is 1180. The van der Waals surface area contributed by atoms with Gasteiger partial charge in [-0.15, -0.1) is 0 Å². The molecule has 0 atom stereocenters. The van der Waals surface area contributed by atoms with E-state index in [0.717, 1.165) is 28.3 Å². The minimum Gasteiger partial charge on any atom is -0.354 e. The topological polar surface area (TPSA) is 84.2 Å². The molecule has 9 heteroatoms. The molecule has 158 valence electrons. The molecule has 0 saturated carbocycles. The van der Waals surface area contributed by atoms with E-state index < -0.39 is 10.0 Å². The molecular weight excluding hydrogens is 400 g/mol. The molecule has 3 aromatic rings. The van der Waals surface area contributed by atoms with E-state index in [1.165, 1.54) is 6.33 Å². The molecule has 30 heavy (non-hydrogen) atoms. The lowest BCUT2D eigenvalue weighted by atomic mass is 10.1. The van der Waals surface area contributed by atoms with E-state index in [0.29, 0.717) is 36.9 Å². The lowest BCUT2D eigenvalue weighted by Gasteiger charge is -2.34. The summed E-state index contributed by atoms with van der Waals surface area (Å²) in [6.07, 6.45) is 1.53. The van der Waals surface area contributed by atoms with Crippen LogP contribution >= 0.6 is 0 Å². The van der Waals surface area contributed by atoms with Gasteiger partial charge in [0, 0.05) is 37.9 Å². The van der Waals surface area contributed by atoms with Gasteiger partial charge in [0.15, 0.2) is 5.82 Å². The van der Waals surface area contributed by atoms with Crippen molar-refractivity contribution in [3.05, 3.63) is 59.2 Å². The number of hydrogen-bond donors (Lipinski definition) is 0. The highest BCUT2D eigenvalue weighted by Gasteiger charge is 2.29. The monoisotopic (exact) mass is 426 g/mol. The zero-order chi connectivity index (χ0) is 21.5. The van der Waals surface area contributed by atoms with E-state index in [2.05, 4.69) is 20.0 Å². The largest absolute Gasteiger partial charge is 0.354 e. The Hall–Kier alpha value is -2.78.